The molecule has 232 valence electrons. The summed E-state index contributed by atoms with van der Waals surface area (Å²) in [5.74, 6) is -0.394. The van der Waals surface area contributed by atoms with E-state index in [1.165, 1.54) is 40.2 Å². The van der Waals surface area contributed by atoms with Gasteiger partial charge in [-0.1, -0.05) is 43.3 Å². The third-order valence-electron chi connectivity index (χ3n) is 7.71. The van der Waals surface area contributed by atoms with Gasteiger partial charge < -0.3 is 29.5 Å². The van der Waals surface area contributed by atoms with Crippen LogP contribution >= 0.6 is 0 Å². The molecule has 1 aromatic heterocycles. The van der Waals surface area contributed by atoms with E-state index >= 15 is 0 Å². The van der Waals surface area contributed by atoms with Crippen LogP contribution in [0.15, 0.2) is 78.2 Å². The van der Waals surface area contributed by atoms with E-state index in [-0.39, 0.29) is 53.7 Å². The van der Waals surface area contributed by atoms with Gasteiger partial charge in [0, 0.05) is 43.8 Å². The van der Waals surface area contributed by atoms with Gasteiger partial charge in [0.15, 0.2) is 5.03 Å². The minimum Gasteiger partial charge on any atom is -0.487 e. The lowest BCUT2D eigenvalue weighted by molar-refractivity contribution is 0.0371. The first-order chi connectivity index (χ1) is 21.0. The highest BCUT2D eigenvalue weighted by Gasteiger charge is 2.34. The van der Waals surface area contributed by atoms with Crippen molar-refractivity contribution in [1.29, 1.82) is 0 Å². The summed E-state index contributed by atoms with van der Waals surface area (Å²) in [4.78, 5) is 34.0. The number of aromatic nitrogens is 2. The van der Waals surface area contributed by atoms with Crippen LogP contribution in [-0.4, -0.2) is 83.7 Å². The molecule has 0 fully saturated rings. The molecule has 1 aliphatic rings. The number of likely N-dealkylation sites (N-methyl/N-ethyl adjacent to an activating group) is 1. The number of nitrogens with zero attached hydrogens (tertiary/aromatic N) is 4. The Hall–Kier alpha value is -4.62. The quantitative estimate of drug-likeness (QED) is 0.272. The summed E-state index contributed by atoms with van der Waals surface area (Å²) in [5.41, 5.74) is 0.970. The number of hydrogen-bond donors (Lipinski definition) is 3. The number of ether oxygens (including phenoxy) is 1. The van der Waals surface area contributed by atoms with E-state index in [4.69, 9.17) is 4.74 Å². The second-order valence-corrected chi connectivity index (χ2v) is 12.8. The lowest BCUT2D eigenvalue weighted by atomic mass is 9.99. The Morgan fingerprint density at radius 2 is 1.93 bits per heavy atom. The fourth-order valence-electron chi connectivity index (χ4n) is 5.14. The van der Waals surface area contributed by atoms with Crippen molar-refractivity contribution >= 4 is 44.1 Å². The number of rotatable bonds is 8. The van der Waals surface area contributed by atoms with Crippen molar-refractivity contribution in [3.05, 3.63) is 78.8 Å². The van der Waals surface area contributed by atoms with Crippen molar-refractivity contribution in [2.75, 3.05) is 36.8 Å². The van der Waals surface area contributed by atoms with Crippen LogP contribution in [-0.2, 0) is 17.1 Å². The predicted molar refractivity (Wildman–Crippen MR) is 167 cm³/mol. The number of hydrogen-bond acceptors (Lipinski definition) is 7. The van der Waals surface area contributed by atoms with Crippen LogP contribution in [0.25, 0.3) is 10.8 Å². The second-order valence-electron chi connectivity index (χ2n) is 11.2. The standard InChI is InChI=1S/C31H36N6O6S/c1-20-15-37(21(2)18-38)30(39)25-14-23(34-44(41,42)29-17-35(3)19-32-29)12-13-27(25)43-28(20)16-36(4)31(40)33-26-11-7-9-22-8-5-6-10-24(22)26/h5-14,17,19-21,28,34,38H,15-16,18H2,1-4H3,(H,33,40)/t20-,21+,28-/m0/s1. The van der Waals surface area contributed by atoms with E-state index in [1.807, 2.05) is 49.4 Å². The van der Waals surface area contributed by atoms with E-state index < -0.39 is 28.1 Å². The highest BCUT2D eigenvalue weighted by atomic mass is 32.2. The molecule has 3 aromatic carbocycles. The van der Waals surface area contributed by atoms with Gasteiger partial charge in [-0.25, -0.2) is 9.78 Å². The Kier molecular flexibility index (Phi) is 8.79. The summed E-state index contributed by atoms with van der Waals surface area (Å²) in [6.07, 6.45) is 2.21. The SMILES string of the molecule is C[C@H](CO)N1C[C@H](C)[C@H](CN(C)C(=O)Nc2cccc3ccccc23)Oc2ccc(NS(=O)(=O)c3cn(C)cn3)cc2C1=O. The molecule has 2 heterocycles. The largest absolute Gasteiger partial charge is 0.487 e. The molecule has 3 N–H and O–H groups in total. The normalized spacial score (nSPS) is 17.7. The molecule has 0 radical (unpaired) electrons. The number of urea groups is 1. The minimum absolute atomic E-state index is 0.131. The average molecular weight is 621 g/mol. The maximum atomic E-state index is 13.7. The molecular formula is C31H36N6O6S. The van der Waals surface area contributed by atoms with E-state index in [1.54, 1.807) is 25.9 Å². The molecule has 0 unspecified atom stereocenters. The zero-order valence-electron chi connectivity index (χ0n) is 25.0. The maximum Gasteiger partial charge on any atom is 0.321 e. The Morgan fingerprint density at radius 1 is 1.18 bits per heavy atom. The van der Waals surface area contributed by atoms with Crippen LogP contribution in [0.1, 0.15) is 24.2 Å². The smallest absolute Gasteiger partial charge is 0.321 e. The van der Waals surface area contributed by atoms with Crippen molar-refractivity contribution in [1.82, 2.24) is 19.4 Å². The molecule has 0 saturated heterocycles. The zero-order chi connectivity index (χ0) is 31.6. The summed E-state index contributed by atoms with van der Waals surface area (Å²) in [6, 6.07) is 17.1. The van der Waals surface area contributed by atoms with Crippen LogP contribution in [0.5, 0.6) is 5.75 Å². The molecule has 0 bridgehead atoms. The molecule has 12 nitrogen and oxygen atoms in total. The molecule has 3 atom stereocenters. The van der Waals surface area contributed by atoms with Crippen molar-refractivity contribution in [3.8, 4) is 5.75 Å². The summed E-state index contributed by atoms with van der Waals surface area (Å²) in [7, 11) is -0.680. The fraction of sp³-hybridized carbons (Fsp3) is 0.323. The Balaban J connectivity index is 1.40. The number of nitrogens with one attached hydrogen (secondary N) is 2. The number of anilines is 2. The average Bonchev–Trinajstić information content (AvgIpc) is 3.46. The molecule has 5 rings (SSSR count). The lowest BCUT2D eigenvalue weighted by Crippen LogP contribution is -2.50. The van der Waals surface area contributed by atoms with Gasteiger partial charge in [0.25, 0.3) is 15.9 Å². The Morgan fingerprint density at radius 3 is 2.66 bits per heavy atom. The van der Waals surface area contributed by atoms with Crippen molar-refractivity contribution in [3.63, 3.8) is 0 Å². The highest BCUT2D eigenvalue weighted by molar-refractivity contribution is 7.92. The summed E-state index contributed by atoms with van der Waals surface area (Å²) >= 11 is 0. The fourth-order valence-corrected chi connectivity index (χ4v) is 6.17. The molecule has 13 heteroatoms. The number of carbonyl (C=O) groups excluding carboxylic acids is 2. The van der Waals surface area contributed by atoms with Crippen molar-refractivity contribution in [2.45, 2.75) is 31.0 Å². The molecular weight excluding hydrogens is 584 g/mol. The van der Waals surface area contributed by atoms with Gasteiger partial charge in [0.2, 0.25) is 0 Å². The second kappa shape index (κ2) is 12.5. The van der Waals surface area contributed by atoms with Crippen LogP contribution in [0.3, 0.4) is 0 Å². The summed E-state index contributed by atoms with van der Waals surface area (Å²) in [5, 5.41) is 14.7. The topological polar surface area (TPSA) is 146 Å². The molecule has 3 amide bonds. The van der Waals surface area contributed by atoms with Gasteiger partial charge in [0.05, 0.1) is 36.8 Å². The number of aliphatic hydroxyl groups excluding tert-OH is 1. The number of aryl methyl sites for hydroxylation is 1. The van der Waals surface area contributed by atoms with Gasteiger partial charge >= 0.3 is 6.03 Å². The van der Waals surface area contributed by atoms with Crippen molar-refractivity contribution in [2.24, 2.45) is 13.0 Å². The Labute approximate surface area is 256 Å². The number of aliphatic hydroxyl groups is 1. The van der Waals surface area contributed by atoms with E-state index in [9.17, 15) is 23.1 Å². The van der Waals surface area contributed by atoms with Crippen molar-refractivity contribution < 1.29 is 27.9 Å². The molecule has 44 heavy (non-hydrogen) atoms. The number of sulfonamides is 1. The summed E-state index contributed by atoms with van der Waals surface area (Å²) < 4.78 is 36.2. The first kappa shape index (κ1) is 30.8. The van der Waals surface area contributed by atoms with Gasteiger partial charge in [-0.15, -0.1) is 0 Å². The van der Waals surface area contributed by atoms with Gasteiger partial charge in [-0.3, -0.25) is 9.52 Å². The first-order valence-electron chi connectivity index (χ1n) is 14.2. The monoisotopic (exact) mass is 620 g/mol. The summed E-state index contributed by atoms with van der Waals surface area (Å²) in [6.45, 7) is 3.83. The maximum absolute atomic E-state index is 13.7. The van der Waals surface area contributed by atoms with E-state index in [2.05, 4.69) is 15.0 Å². The third-order valence-corrected chi connectivity index (χ3v) is 8.97. The number of benzene rings is 3. The minimum atomic E-state index is -4.01. The Bertz CT molecular complexity index is 1790. The number of amides is 3. The molecule has 1 aliphatic heterocycles. The van der Waals surface area contributed by atoms with Crippen LogP contribution in [0, 0.1) is 5.92 Å². The number of carbonyl (C=O) groups is 2. The first-order valence-corrected chi connectivity index (χ1v) is 15.7. The van der Waals surface area contributed by atoms with Gasteiger partial charge in [-0.2, -0.15) is 8.42 Å². The predicted octanol–water partition coefficient (Wildman–Crippen LogP) is 3.76. The number of imidazole rings is 1. The van der Waals surface area contributed by atoms with E-state index in [0.717, 1.165) is 10.8 Å². The number of fused-ring (bicyclic) bond motifs is 2. The van der Waals surface area contributed by atoms with Crippen LogP contribution < -0.4 is 14.8 Å². The molecule has 0 spiro atoms. The van der Waals surface area contributed by atoms with E-state index in [0.29, 0.717) is 5.69 Å². The highest BCUT2D eigenvalue weighted by Crippen LogP contribution is 2.31. The lowest BCUT2D eigenvalue weighted by Gasteiger charge is -2.38. The van der Waals surface area contributed by atoms with Gasteiger partial charge in [-0.05, 0) is 36.6 Å². The van der Waals surface area contributed by atoms with Crippen LogP contribution in [0.2, 0.25) is 0 Å². The van der Waals surface area contributed by atoms with Gasteiger partial charge in [0.1, 0.15) is 11.9 Å². The molecule has 4 aromatic rings. The third kappa shape index (κ3) is 6.48. The van der Waals surface area contributed by atoms with Crippen LogP contribution in [0.4, 0.5) is 16.2 Å². The molecule has 0 aliphatic carbocycles. The molecule has 0 saturated carbocycles. The zero-order valence-corrected chi connectivity index (χ0v) is 25.8.